The zero-order valence-corrected chi connectivity index (χ0v) is 13.9. The van der Waals surface area contributed by atoms with Crippen molar-refractivity contribution in [2.45, 2.75) is 43.4 Å². The van der Waals surface area contributed by atoms with Gasteiger partial charge >= 0.3 is 0 Å². The highest BCUT2D eigenvalue weighted by Crippen LogP contribution is 2.51. The summed E-state index contributed by atoms with van der Waals surface area (Å²) >= 11 is 10.3. The van der Waals surface area contributed by atoms with Crippen LogP contribution in [0.25, 0.3) is 0 Å². The van der Waals surface area contributed by atoms with Gasteiger partial charge in [-0.05, 0) is 40.6 Å². The number of alkyl halides is 1. The van der Waals surface area contributed by atoms with Crippen LogP contribution in [0.3, 0.4) is 0 Å². The molecule has 0 bridgehead atoms. The third-order valence-corrected chi connectivity index (χ3v) is 6.35. The zero-order valence-electron chi connectivity index (χ0n) is 11.6. The Hall–Kier alpha value is -0.530. The molecule has 2 fully saturated rings. The van der Waals surface area contributed by atoms with Crippen molar-refractivity contribution >= 4 is 27.5 Å². The van der Waals surface area contributed by atoms with E-state index in [0.717, 1.165) is 16.6 Å². The quantitative estimate of drug-likeness (QED) is 0.707. The van der Waals surface area contributed by atoms with Gasteiger partial charge in [0.05, 0.1) is 33.7 Å². The highest BCUT2D eigenvalue weighted by Gasteiger charge is 2.46. The Morgan fingerprint density at radius 2 is 2.20 bits per heavy atom. The van der Waals surface area contributed by atoms with Gasteiger partial charge in [-0.2, -0.15) is 10.4 Å². The fraction of sp³-hybridized carbons (Fsp3) is 0.733. The lowest BCUT2D eigenvalue weighted by Gasteiger charge is -2.45. The van der Waals surface area contributed by atoms with Gasteiger partial charge in [-0.25, -0.2) is 0 Å². The third kappa shape index (κ3) is 2.29. The minimum Gasteiger partial charge on any atom is -0.271 e. The van der Waals surface area contributed by atoms with Crippen LogP contribution in [0.2, 0.25) is 0 Å². The highest BCUT2D eigenvalue weighted by molar-refractivity contribution is 9.10. The molecule has 3 nitrogen and oxygen atoms in total. The van der Waals surface area contributed by atoms with E-state index in [1.807, 2.05) is 17.9 Å². The van der Waals surface area contributed by atoms with Crippen LogP contribution in [0.15, 0.2) is 10.7 Å². The molecule has 1 heterocycles. The lowest BCUT2D eigenvalue weighted by atomic mass is 9.62. The Morgan fingerprint density at radius 3 is 2.85 bits per heavy atom. The van der Waals surface area contributed by atoms with E-state index in [9.17, 15) is 5.26 Å². The Kier molecular flexibility index (Phi) is 4.10. The Balaban J connectivity index is 1.96. The normalized spacial score (nSPS) is 37.2. The number of fused-ring (bicyclic) bond motifs is 1. The summed E-state index contributed by atoms with van der Waals surface area (Å²) in [7, 11) is 1.95. The average Bonchev–Trinajstić information content (AvgIpc) is 2.78. The fourth-order valence-corrected chi connectivity index (χ4v) is 5.40. The summed E-state index contributed by atoms with van der Waals surface area (Å²) in [5.74, 6) is 1.28. The van der Waals surface area contributed by atoms with Crippen molar-refractivity contribution in [2.24, 2.45) is 24.8 Å². The first-order valence-corrected chi connectivity index (χ1v) is 8.57. The lowest BCUT2D eigenvalue weighted by molar-refractivity contribution is 0.132. The van der Waals surface area contributed by atoms with Crippen LogP contribution in [0.4, 0.5) is 0 Å². The SMILES string of the molecule is Cn1ncc(Br)c1C1CC2CCCCC2C(Cl)C1C#N. The Morgan fingerprint density at radius 1 is 1.45 bits per heavy atom. The van der Waals surface area contributed by atoms with E-state index in [1.54, 1.807) is 0 Å². The maximum Gasteiger partial charge on any atom is 0.0713 e. The molecule has 20 heavy (non-hydrogen) atoms. The van der Waals surface area contributed by atoms with Gasteiger partial charge in [0, 0.05) is 13.0 Å². The molecule has 0 spiro atoms. The number of nitrogens with zero attached hydrogens (tertiary/aromatic N) is 3. The molecule has 0 N–H and O–H groups in total. The van der Waals surface area contributed by atoms with Gasteiger partial charge in [0.1, 0.15) is 0 Å². The summed E-state index contributed by atoms with van der Waals surface area (Å²) in [6, 6.07) is 2.49. The van der Waals surface area contributed by atoms with Gasteiger partial charge in [-0.15, -0.1) is 11.6 Å². The average molecular weight is 357 g/mol. The zero-order chi connectivity index (χ0) is 14.3. The summed E-state index contributed by atoms with van der Waals surface area (Å²) < 4.78 is 2.90. The maximum absolute atomic E-state index is 9.62. The molecule has 2 saturated carbocycles. The molecule has 1 aromatic rings. The second-order valence-electron chi connectivity index (χ2n) is 6.15. The minimum atomic E-state index is -0.109. The Bertz CT molecular complexity index is 516. The van der Waals surface area contributed by atoms with Crippen LogP contribution in [0, 0.1) is 29.1 Å². The molecule has 0 aliphatic heterocycles. The van der Waals surface area contributed by atoms with Crippen molar-refractivity contribution in [3.8, 4) is 6.07 Å². The van der Waals surface area contributed by atoms with Crippen molar-refractivity contribution < 1.29 is 0 Å². The largest absolute Gasteiger partial charge is 0.271 e. The van der Waals surface area contributed by atoms with Crippen LogP contribution in [0.1, 0.15) is 43.7 Å². The molecule has 3 rings (SSSR count). The predicted octanol–water partition coefficient (Wildman–Crippen LogP) is 4.22. The number of aryl methyl sites for hydroxylation is 1. The molecule has 108 valence electrons. The summed E-state index contributed by atoms with van der Waals surface area (Å²) in [5, 5.41) is 13.9. The van der Waals surface area contributed by atoms with E-state index in [1.165, 1.54) is 25.7 Å². The van der Waals surface area contributed by atoms with Gasteiger partial charge < -0.3 is 0 Å². The van der Waals surface area contributed by atoms with E-state index in [4.69, 9.17) is 11.6 Å². The van der Waals surface area contributed by atoms with Crippen molar-refractivity contribution in [2.75, 3.05) is 0 Å². The van der Waals surface area contributed by atoms with Crippen LogP contribution in [0.5, 0.6) is 0 Å². The van der Waals surface area contributed by atoms with Crippen LogP contribution in [-0.4, -0.2) is 15.2 Å². The van der Waals surface area contributed by atoms with Gasteiger partial charge in [-0.3, -0.25) is 4.68 Å². The van der Waals surface area contributed by atoms with Crippen LogP contribution < -0.4 is 0 Å². The first-order chi connectivity index (χ1) is 9.63. The first kappa shape index (κ1) is 14.4. The van der Waals surface area contributed by atoms with E-state index >= 15 is 0 Å². The maximum atomic E-state index is 9.62. The molecule has 1 aromatic heterocycles. The van der Waals surface area contributed by atoms with Gasteiger partial charge in [0.15, 0.2) is 0 Å². The molecule has 0 saturated heterocycles. The number of rotatable bonds is 1. The molecule has 2 aliphatic rings. The van der Waals surface area contributed by atoms with E-state index in [-0.39, 0.29) is 17.2 Å². The topological polar surface area (TPSA) is 41.6 Å². The lowest BCUT2D eigenvalue weighted by Crippen LogP contribution is -2.41. The van der Waals surface area contributed by atoms with E-state index in [0.29, 0.717) is 11.8 Å². The van der Waals surface area contributed by atoms with Crippen molar-refractivity contribution in [3.05, 3.63) is 16.4 Å². The first-order valence-electron chi connectivity index (χ1n) is 7.34. The van der Waals surface area contributed by atoms with Crippen molar-refractivity contribution in [3.63, 3.8) is 0 Å². The highest BCUT2D eigenvalue weighted by atomic mass is 79.9. The molecule has 0 amide bonds. The molecular formula is C15H19BrClN3. The fourth-order valence-electron chi connectivity index (χ4n) is 4.19. The summed E-state index contributed by atoms with van der Waals surface area (Å²) in [4.78, 5) is 0. The predicted molar refractivity (Wildman–Crippen MR) is 82.5 cm³/mol. The second-order valence-corrected chi connectivity index (χ2v) is 7.51. The number of aromatic nitrogens is 2. The molecule has 0 aromatic carbocycles. The van der Waals surface area contributed by atoms with E-state index < -0.39 is 0 Å². The molecule has 5 unspecified atom stereocenters. The monoisotopic (exact) mass is 355 g/mol. The van der Waals surface area contributed by atoms with Crippen molar-refractivity contribution in [1.82, 2.24) is 9.78 Å². The number of halogens is 2. The van der Waals surface area contributed by atoms with Gasteiger partial charge in [-0.1, -0.05) is 19.3 Å². The standard InChI is InChI=1S/C15H19BrClN3/c1-20-15(13(16)8-19-20)11-6-9-4-2-3-5-10(9)14(17)12(11)7-18/h8-12,14H,2-6H2,1H3. The molecule has 5 heteroatoms. The Labute approximate surface area is 133 Å². The van der Waals surface area contributed by atoms with Gasteiger partial charge in [0.25, 0.3) is 0 Å². The van der Waals surface area contributed by atoms with Crippen molar-refractivity contribution in [1.29, 1.82) is 5.26 Å². The van der Waals surface area contributed by atoms with Crippen LogP contribution >= 0.6 is 27.5 Å². The molecular weight excluding hydrogens is 338 g/mol. The number of nitriles is 1. The number of hydrogen-bond donors (Lipinski definition) is 0. The smallest absolute Gasteiger partial charge is 0.0713 e. The minimum absolute atomic E-state index is 0.0224. The summed E-state index contributed by atoms with van der Waals surface area (Å²) in [5.41, 5.74) is 1.13. The summed E-state index contributed by atoms with van der Waals surface area (Å²) in [6.07, 6.45) is 7.92. The molecule has 5 atom stereocenters. The summed E-state index contributed by atoms with van der Waals surface area (Å²) in [6.45, 7) is 0. The number of hydrogen-bond acceptors (Lipinski definition) is 2. The second kappa shape index (κ2) is 5.69. The molecule has 0 radical (unpaired) electrons. The third-order valence-electron chi connectivity index (χ3n) is 5.15. The van der Waals surface area contributed by atoms with Crippen LogP contribution in [-0.2, 0) is 7.05 Å². The molecule has 2 aliphatic carbocycles. The van der Waals surface area contributed by atoms with Gasteiger partial charge in [0.2, 0.25) is 0 Å². The van der Waals surface area contributed by atoms with E-state index in [2.05, 4.69) is 27.1 Å².